The Labute approximate surface area is 186 Å². The molecule has 1 saturated carbocycles. The molecule has 1 aromatic heterocycles. The highest BCUT2D eigenvalue weighted by atomic mass is 35.5. The van der Waals surface area contributed by atoms with E-state index in [1.807, 2.05) is 50.2 Å². The van der Waals surface area contributed by atoms with Crippen molar-refractivity contribution in [1.82, 2.24) is 15.1 Å². The summed E-state index contributed by atoms with van der Waals surface area (Å²) in [6.45, 7) is 4.42. The molecule has 0 radical (unpaired) electrons. The van der Waals surface area contributed by atoms with Gasteiger partial charge in [0.2, 0.25) is 5.91 Å². The molecule has 0 atom stereocenters. The van der Waals surface area contributed by atoms with Crippen LogP contribution < -0.4 is 10.6 Å². The average molecular weight is 437 g/mol. The van der Waals surface area contributed by atoms with Crippen molar-refractivity contribution in [1.29, 1.82) is 0 Å². The van der Waals surface area contributed by atoms with Crippen molar-refractivity contribution in [3.8, 4) is 5.69 Å². The number of hydrogen-bond donors (Lipinski definition) is 2. The third-order valence-electron chi connectivity index (χ3n) is 5.26. The summed E-state index contributed by atoms with van der Waals surface area (Å²) in [7, 11) is 0. The summed E-state index contributed by atoms with van der Waals surface area (Å²) < 4.78 is 1.78. The minimum Gasteiger partial charge on any atom is -0.348 e. The van der Waals surface area contributed by atoms with Crippen LogP contribution in [0, 0.1) is 5.92 Å². The molecule has 0 bridgehead atoms. The fraction of sp³-hybridized carbons (Fsp3) is 0.292. The molecular formula is C24H25ClN4O2. The summed E-state index contributed by atoms with van der Waals surface area (Å²) in [6.07, 6.45) is 3.53. The Morgan fingerprint density at radius 3 is 2.58 bits per heavy atom. The summed E-state index contributed by atoms with van der Waals surface area (Å²) in [5.41, 5.74) is 3.90. The smallest absolute Gasteiger partial charge is 0.255 e. The van der Waals surface area contributed by atoms with Crippen molar-refractivity contribution in [3.63, 3.8) is 0 Å². The number of anilines is 1. The zero-order valence-corrected chi connectivity index (χ0v) is 18.3. The van der Waals surface area contributed by atoms with Crippen LogP contribution in [-0.2, 0) is 11.3 Å². The molecule has 2 N–H and O–H groups in total. The van der Waals surface area contributed by atoms with Crippen molar-refractivity contribution in [2.75, 3.05) is 5.32 Å². The topological polar surface area (TPSA) is 76.0 Å². The quantitative estimate of drug-likeness (QED) is 0.551. The van der Waals surface area contributed by atoms with Crippen LogP contribution >= 0.6 is 11.6 Å². The standard InChI is InChI=1S/C24H25ClN4O2/c1-15(2)22-21(14-27-29(22)20-10-8-18(25)9-11-20)24(31)26-13-16-4-3-5-19(12-16)28-23(30)17-6-7-17/h3-5,8-12,14-15,17H,6-7,13H2,1-2H3,(H,26,31)(H,28,30). The molecule has 0 spiro atoms. The van der Waals surface area contributed by atoms with Crippen molar-refractivity contribution in [2.45, 2.75) is 39.2 Å². The van der Waals surface area contributed by atoms with Crippen molar-refractivity contribution in [2.24, 2.45) is 5.92 Å². The molecule has 0 saturated heterocycles. The first-order valence-corrected chi connectivity index (χ1v) is 10.8. The zero-order valence-electron chi connectivity index (χ0n) is 17.6. The number of benzene rings is 2. The van der Waals surface area contributed by atoms with Crippen LogP contribution in [-0.4, -0.2) is 21.6 Å². The number of amides is 2. The van der Waals surface area contributed by atoms with E-state index in [4.69, 9.17) is 11.6 Å². The maximum absolute atomic E-state index is 12.9. The molecule has 2 amide bonds. The summed E-state index contributed by atoms with van der Waals surface area (Å²) in [5.74, 6) is 0.128. The maximum Gasteiger partial charge on any atom is 0.255 e. The molecule has 1 heterocycles. The Kier molecular flexibility index (Phi) is 6.09. The second-order valence-electron chi connectivity index (χ2n) is 8.13. The van der Waals surface area contributed by atoms with Crippen molar-refractivity contribution >= 4 is 29.1 Å². The summed E-state index contributed by atoms with van der Waals surface area (Å²) >= 11 is 6.00. The van der Waals surface area contributed by atoms with Crippen LogP contribution in [0.2, 0.25) is 5.02 Å². The predicted octanol–water partition coefficient (Wildman–Crippen LogP) is 4.93. The number of carbonyl (C=O) groups is 2. The van der Waals surface area contributed by atoms with Gasteiger partial charge in [0.15, 0.2) is 0 Å². The highest BCUT2D eigenvalue weighted by Gasteiger charge is 2.29. The minimum absolute atomic E-state index is 0.0670. The Morgan fingerprint density at radius 1 is 1.16 bits per heavy atom. The zero-order chi connectivity index (χ0) is 22.0. The first-order chi connectivity index (χ1) is 14.9. The Hall–Kier alpha value is -3.12. The molecule has 3 aromatic rings. The van der Waals surface area contributed by atoms with Gasteiger partial charge in [-0.05, 0) is 60.7 Å². The van der Waals surface area contributed by atoms with Gasteiger partial charge in [-0.2, -0.15) is 5.10 Å². The number of nitrogens with one attached hydrogen (secondary N) is 2. The average Bonchev–Trinajstić information content (AvgIpc) is 3.51. The second-order valence-corrected chi connectivity index (χ2v) is 8.57. The van der Waals surface area contributed by atoms with Gasteiger partial charge in [-0.15, -0.1) is 0 Å². The summed E-state index contributed by atoms with van der Waals surface area (Å²) in [6, 6.07) is 14.9. The third kappa shape index (κ3) is 4.97. The lowest BCUT2D eigenvalue weighted by atomic mass is 10.0. The van der Waals surface area contributed by atoms with E-state index in [0.717, 1.165) is 35.5 Å². The van der Waals surface area contributed by atoms with Gasteiger partial charge in [-0.1, -0.05) is 37.6 Å². The SMILES string of the molecule is CC(C)c1c(C(=O)NCc2cccc(NC(=O)C3CC3)c2)cnn1-c1ccc(Cl)cc1. The Balaban J connectivity index is 1.47. The monoisotopic (exact) mass is 436 g/mol. The molecule has 6 nitrogen and oxygen atoms in total. The highest BCUT2D eigenvalue weighted by molar-refractivity contribution is 6.30. The van der Waals surface area contributed by atoms with E-state index >= 15 is 0 Å². The van der Waals surface area contributed by atoms with Gasteiger partial charge in [0.05, 0.1) is 23.1 Å². The van der Waals surface area contributed by atoms with Gasteiger partial charge < -0.3 is 10.6 Å². The number of nitrogens with zero attached hydrogens (tertiary/aromatic N) is 2. The largest absolute Gasteiger partial charge is 0.348 e. The van der Waals surface area contributed by atoms with Gasteiger partial charge in [0.25, 0.3) is 5.91 Å². The van der Waals surface area contributed by atoms with Crippen LogP contribution in [0.4, 0.5) is 5.69 Å². The molecule has 7 heteroatoms. The van der Waals surface area contributed by atoms with Crippen LogP contribution in [0.25, 0.3) is 5.69 Å². The van der Waals surface area contributed by atoms with Crippen molar-refractivity contribution < 1.29 is 9.59 Å². The molecular weight excluding hydrogens is 412 g/mol. The summed E-state index contributed by atoms with van der Waals surface area (Å²) in [5, 5.41) is 11.0. The first kappa shape index (κ1) is 21.1. The maximum atomic E-state index is 12.9. The van der Waals surface area contributed by atoms with Gasteiger partial charge in [-0.3, -0.25) is 9.59 Å². The third-order valence-corrected chi connectivity index (χ3v) is 5.52. The van der Waals surface area contributed by atoms with Crippen LogP contribution in [0.3, 0.4) is 0 Å². The van der Waals surface area contributed by atoms with Gasteiger partial charge in [-0.25, -0.2) is 4.68 Å². The van der Waals surface area contributed by atoms with E-state index in [2.05, 4.69) is 15.7 Å². The number of rotatable bonds is 7. The van der Waals surface area contributed by atoms with Crippen LogP contribution in [0.5, 0.6) is 0 Å². The molecule has 31 heavy (non-hydrogen) atoms. The molecule has 2 aromatic carbocycles. The fourth-order valence-corrected chi connectivity index (χ4v) is 3.63. The molecule has 0 unspecified atom stereocenters. The first-order valence-electron chi connectivity index (χ1n) is 10.4. The number of aromatic nitrogens is 2. The highest BCUT2D eigenvalue weighted by Crippen LogP contribution is 2.30. The Morgan fingerprint density at radius 2 is 1.90 bits per heavy atom. The van der Waals surface area contributed by atoms with Crippen LogP contribution in [0.1, 0.15) is 54.2 Å². The van der Waals surface area contributed by atoms with Crippen LogP contribution in [0.15, 0.2) is 54.7 Å². The molecule has 1 aliphatic carbocycles. The number of halogens is 1. The normalized spacial score (nSPS) is 13.3. The second kappa shape index (κ2) is 8.94. The minimum atomic E-state index is -0.184. The summed E-state index contributed by atoms with van der Waals surface area (Å²) in [4.78, 5) is 24.9. The van der Waals surface area contributed by atoms with E-state index < -0.39 is 0 Å². The van der Waals surface area contributed by atoms with E-state index in [1.165, 1.54) is 0 Å². The van der Waals surface area contributed by atoms with E-state index in [1.54, 1.807) is 23.0 Å². The predicted molar refractivity (Wildman–Crippen MR) is 122 cm³/mol. The molecule has 160 valence electrons. The lowest BCUT2D eigenvalue weighted by Crippen LogP contribution is -2.24. The fourth-order valence-electron chi connectivity index (χ4n) is 3.50. The molecule has 4 rings (SSSR count). The van der Waals surface area contributed by atoms with Gasteiger partial charge in [0.1, 0.15) is 0 Å². The van der Waals surface area contributed by atoms with E-state index in [0.29, 0.717) is 17.1 Å². The van der Waals surface area contributed by atoms with E-state index in [9.17, 15) is 9.59 Å². The molecule has 1 aliphatic rings. The number of hydrogen-bond acceptors (Lipinski definition) is 3. The number of carbonyl (C=O) groups excluding carboxylic acids is 2. The van der Waals surface area contributed by atoms with E-state index in [-0.39, 0.29) is 23.7 Å². The van der Waals surface area contributed by atoms with Gasteiger partial charge >= 0.3 is 0 Å². The Bertz CT molecular complexity index is 1100. The van der Waals surface area contributed by atoms with Gasteiger partial charge in [0, 0.05) is 23.2 Å². The lowest BCUT2D eigenvalue weighted by Gasteiger charge is -2.13. The molecule has 1 fully saturated rings. The molecule has 0 aliphatic heterocycles. The van der Waals surface area contributed by atoms with Crippen molar-refractivity contribution in [3.05, 3.63) is 76.6 Å². The lowest BCUT2D eigenvalue weighted by molar-refractivity contribution is -0.117.